The van der Waals surface area contributed by atoms with E-state index in [9.17, 15) is 9.59 Å². The van der Waals surface area contributed by atoms with Crippen LogP contribution in [-0.2, 0) is 14.3 Å². The molecule has 0 N–H and O–H groups in total. The van der Waals surface area contributed by atoms with Gasteiger partial charge in [0.1, 0.15) is 17.1 Å². The lowest BCUT2D eigenvalue weighted by Crippen LogP contribution is -2.34. The van der Waals surface area contributed by atoms with Crippen LogP contribution in [0.5, 0.6) is 0 Å². The number of thioether (sulfide) groups is 1. The van der Waals surface area contributed by atoms with Crippen molar-refractivity contribution in [1.29, 1.82) is 0 Å². The molecule has 8 heteroatoms. The number of esters is 1. The minimum atomic E-state index is -0.472. The molecule has 2 heterocycles. The monoisotopic (exact) mass is 420 g/mol. The largest absolute Gasteiger partial charge is 0.468 e. The molecule has 0 saturated heterocycles. The van der Waals surface area contributed by atoms with E-state index < -0.39 is 10.5 Å². The van der Waals surface area contributed by atoms with Crippen LogP contribution in [0.4, 0.5) is 0 Å². The summed E-state index contributed by atoms with van der Waals surface area (Å²) in [4.78, 5) is 24.8. The van der Waals surface area contributed by atoms with E-state index in [0.29, 0.717) is 17.2 Å². The lowest BCUT2D eigenvalue weighted by molar-refractivity contribution is -0.139. The molecule has 28 heavy (non-hydrogen) atoms. The molecule has 1 aliphatic rings. The van der Waals surface area contributed by atoms with Gasteiger partial charge in [-0.05, 0) is 43.7 Å². The Balaban J connectivity index is 1.84. The maximum Gasteiger partial charge on any atom is 0.318 e. The topological polar surface area (TPSA) is 72.1 Å². The van der Waals surface area contributed by atoms with E-state index in [-0.39, 0.29) is 17.9 Å². The zero-order valence-electron chi connectivity index (χ0n) is 15.8. The average Bonchev–Trinajstić information content (AvgIpc) is 3.36. The Morgan fingerprint density at radius 3 is 2.57 bits per heavy atom. The number of hydrazone groups is 1. The van der Waals surface area contributed by atoms with Gasteiger partial charge in [0.2, 0.25) is 0 Å². The van der Waals surface area contributed by atoms with Crippen molar-refractivity contribution in [2.24, 2.45) is 5.10 Å². The molecule has 1 amide bonds. The minimum Gasteiger partial charge on any atom is -0.468 e. The lowest BCUT2D eigenvalue weighted by atomic mass is 10.0. The van der Waals surface area contributed by atoms with Crippen LogP contribution >= 0.6 is 23.4 Å². The Bertz CT molecular complexity index is 867. The number of halogens is 1. The summed E-state index contributed by atoms with van der Waals surface area (Å²) >= 11 is 7.22. The van der Waals surface area contributed by atoms with Crippen molar-refractivity contribution in [2.75, 3.05) is 7.11 Å². The molecule has 148 valence electrons. The maximum absolute atomic E-state index is 13.1. The summed E-state index contributed by atoms with van der Waals surface area (Å²) in [6.45, 7) is 3.48. The van der Waals surface area contributed by atoms with Gasteiger partial charge in [-0.2, -0.15) is 5.10 Å². The number of carbonyl (C=O) groups excluding carboxylic acids is 2. The van der Waals surface area contributed by atoms with Crippen LogP contribution < -0.4 is 0 Å². The fourth-order valence-electron chi connectivity index (χ4n) is 3.01. The van der Waals surface area contributed by atoms with Crippen molar-refractivity contribution < 1.29 is 18.7 Å². The standard InChI is InChI=1S/C20H21ClN2O4S/c1-12(28-13(2)20(25)26-3)19(24)23-17(18-5-4-10-27-18)11-16(22-23)14-6-8-15(21)9-7-14/h4-10,12-13,17H,11H2,1-3H3. The van der Waals surface area contributed by atoms with Crippen LogP contribution in [0.1, 0.15) is 37.6 Å². The number of hydrogen-bond acceptors (Lipinski definition) is 6. The van der Waals surface area contributed by atoms with Gasteiger partial charge in [-0.15, -0.1) is 11.8 Å². The van der Waals surface area contributed by atoms with Gasteiger partial charge >= 0.3 is 5.97 Å². The summed E-state index contributed by atoms with van der Waals surface area (Å²) in [6.07, 6.45) is 2.11. The van der Waals surface area contributed by atoms with E-state index in [2.05, 4.69) is 5.10 Å². The number of methoxy groups -OCH3 is 1. The molecule has 1 aliphatic heterocycles. The third kappa shape index (κ3) is 4.42. The second-order valence-corrected chi connectivity index (χ2v) is 8.54. The molecule has 2 aromatic rings. The number of rotatable bonds is 6. The SMILES string of the molecule is COC(=O)C(C)SC(C)C(=O)N1N=C(c2ccc(Cl)cc2)CC1c1ccco1. The van der Waals surface area contributed by atoms with E-state index >= 15 is 0 Å². The summed E-state index contributed by atoms with van der Waals surface area (Å²) < 4.78 is 10.3. The zero-order valence-corrected chi connectivity index (χ0v) is 17.4. The summed E-state index contributed by atoms with van der Waals surface area (Å²) in [6, 6.07) is 10.6. The molecule has 3 rings (SSSR count). The highest BCUT2D eigenvalue weighted by atomic mass is 35.5. The minimum absolute atomic E-state index is 0.189. The zero-order chi connectivity index (χ0) is 20.3. The van der Waals surface area contributed by atoms with Crippen LogP contribution in [0.15, 0.2) is 52.2 Å². The first-order valence-electron chi connectivity index (χ1n) is 8.84. The number of ether oxygens (including phenoxy) is 1. The number of benzene rings is 1. The fraction of sp³-hybridized carbons (Fsp3) is 0.350. The molecule has 1 aromatic heterocycles. The summed E-state index contributed by atoms with van der Waals surface area (Å²) in [5, 5.41) is 5.76. The van der Waals surface area contributed by atoms with Crippen LogP contribution in [0.3, 0.4) is 0 Å². The second kappa shape index (κ2) is 8.84. The van der Waals surface area contributed by atoms with Crippen molar-refractivity contribution in [3.63, 3.8) is 0 Å². The van der Waals surface area contributed by atoms with Crippen molar-refractivity contribution in [2.45, 2.75) is 36.8 Å². The van der Waals surface area contributed by atoms with E-state index in [0.717, 1.165) is 11.3 Å². The van der Waals surface area contributed by atoms with Crippen molar-refractivity contribution in [1.82, 2.24) is 5.01 Å². The Labute approximate surface area is 172 Å². The number of nitrogens with zero attached hydrogens (tertiary/aromatic N) is 2. The van der Waals surface area contributed by atoms with Gasteiger partial charge in [0.25, 0.3) is 5.91 Å². The normalized spacial score (nSPS) is 18.5. The molecule has 0 spiro atoms. The summed E-state index contributed by atoms with van der Waals surface area (Å²) in [7, 11) is 1.34. The highest BCUT2D eigenvalue weighted by Crippen LogP contribution is 2.35. The predicted molar refractivity (Wildman–Crippen MR) is 109 cm³/mol. The first kappa shape index (κ1) is 20.5. The first-order chi connectivity index (χ1) is 13.4. The quantitative estimate of drug-likeness (QED) is 0.651. The Hall–Kier alpha value is -2.25. The molecule has 1 aromatic carbocycles. The predicted octanol–water partition coefficient (Wildman–Crippen LogP) is 4.29. The van der Waals surface area contributed by atoms with Crippen molar-refractivity contribution >= 4 is 41.0 Å². The fourth-order valence-corrected chi connectivity index (χ4v) is 4.18. The molecule has 3 unspecified atom stereocenters. The number of hydrogen-bond donors (Lipinski definition) is 0. The highest BCUT2D eigenvalue weighted by Gasteiger charge is 2.37. The van der Waals surface area contributed by atoms with Crippen LogP contribution in [-0.4, -0.2) is 40.2 Å². The molecule has 6 nitrogen and oxygen atoms in total. The van der Waals surface area contributed by atoms with Crippen molar-refractivity contribution in [3.8, 4) is 0 Å². The van der Waals surface area contributed by atoms with Gasteiger partial charge in [0, 0.05) is 11.4 Å². The number of furan rings is 1. The molecule has 0 saturated carbocycles. The first-order valence-corrected chi connectivity index (χ1v) is 10.2. The van der Waals surface area contributed by atoms with E-state index in [1.165, 1.54) is 23.9 Å². The van der Waals surface area contributed by atoms with E-state index in [1.54, 1.807) is 38.3 Å². The smallest absolute Gasteiger partial charge is 0.318 e. The number of amides is 1. The Kier molecular flexibility index (Phi) is 6.46. The lowest BCUT2D eigenvalue weighted by Gasteiger charge is -2.24. The maximum atomic E-state index is 13.1. The van der Waals surface area contributed by atoms with Gasteiger partial charge < -0.3 is 9.15 Å². The van der Waals surface area contributed by atoms with Gasteiger partial charge in [0.15, 0.2) is 0 Å². The molecule has 0 radical (unpaired) electrons. The average molecular weight is 421 g/mol. The van der Waals surface area contributed by atoms with Gasteiger partial charge in [-0.1, -0.05) is 23.7 Å². The van der Waals surface area contributed by atoms with Crippen LogP contribution in [0, 0.1) is 0 Å². The summed E-state index contributed by atoms with van der Waals surface area (Å²) in [5.74, 6) is 0.115. The Morgan fingerprint density at radius 2 is 1.96 bits per heavy atom. The van der Waals surface area contributed by atoms with E-state index in [4.69, 9.17) is 20.8 Å². The van der Waals surface area contributed by atoms with Gasteiger partial charge in [0.05, 0.1) is 24.3 Å². The third-order valence-electron chi connectivity index (χ3n) is 4.47. The van der Waals surface area contributed by atoms with Gasteiger partial charge in [-0.3, -0.25) is 9.59 Å². The number of carbonyl (C=O) groups is 2. The molecule has 0 aliphatic carbocycles. The summed E-state index contributed by atoms with van der Waals surface area (Å²) in [5.41, 5.74) is 1.68. The third-order valence-corrected chi connectivity index (χ3v) is 5.94. The Morgan fingerprint density at radius 1 is 1.25 bits per heavy atom. The molecule has 0 bridgehead atoms. The van der Waals surface area contributed by atoms with Crippen molar-refractivity contribution in [3.05, 3.63) is 59.0 Å². The molecule has 3 atom stereocenters. The molecular formula is C20H21ClN2O4S. The molecular weight excluding hydrogens is 400 g/mol. The second-order valence-electron chi connectivity index (χ2n) is 6.42. The van der Waals surface area contributed by atoms with Crippen LogP contribution in [0.2, 0.25) is 5.02 Å². The van der Waals surface area contributed by atoms with Gasteiger partial charge in [-0.25, -0.2) is 5.01 Å². The highest BCUT2D eigenvalue weighted by molar-refractivity contribution is 8.01. The van der Waals surface area contributed by atoms with Crippen LogP contribution in [0.25, 0.3) is 0 Å². The van der Waals surface area contributed by atoms with E-state index in [1.807, 2.05) is 18.2 Å². The molecule has 0 fully saturated rings.